The van der Waals surface area contributed by atoms with E-state index in [4.69, 9.17) is 5.73 Å². The third kappa shape index (κ3) is 4.03. The number of thioether (sulfide) groups is 1. The number of hydrogen-bond donors (Lipinski definition) is 2. The Morgan fingerprint density at radius 1 is 1.19 bits per heavy atom. The molecule has 0 saturated carbocycles. The molecule has 0 aromatic rings. The first-order valence-corrected chi connectivity index (χ1v) is 8.29. The predicted molar refractivity (Wildman–Crippen MR) is 79.0 cm³/mol. The molecular formula is C13H21N3O4S. The molecule has 2 aliphatic rings. The molecular weight excluding hydrogens is 294 g/mol. The molecule has 0 aromatic carbocycles. The van der Waals surface area contributed by atoms with Crippen LogP contribution in [0.2, 0.25) is 0 Å². The molecule has 3 amide bonds. The smallest absolute Gasteiger partial charge is 0.327 e. The van der Waals surface area contributed by atoms with Crippen LogP contribution in [-0.2, 0) is 9.59 Å². The van der Waals surface area contributed by atoms with Crippen LogP contribution >= 0.6 is 11.8 Å². The lowest BCUT2D eigenvalue weighted by molar-refractivity contribution is -0.141. The van der Waals surface area contributed by atoms with Crippen LogP contribution in [0.3, 0.4) is 0 Å². The van der Waals surface area contributed by atoms with E-state index in [2.05, 4.69) is 0 Å². The van der Waals surface area contributed by atoms with Crippen molar-refractivity contribution in [3.63, 3.8) is 0 Å². The highest BCUT2D eigenvalue weighted by molar-refractivity contribution is 7.99. The van der Waals surface area contributed by atoms with Gasteiger partial charge in [-0.25, -0.2) is 9.59 Å². The number of carboxylic acids is 1. The number of urea groups is 1. The van der Waals surface area contributed by atoms with Crippen molar-refractivity contribution in [2.24, 2.45) is 11.7 Å². The zero-order chi connectivity index (χ0) is 15.4. The Morgan fingerprint density at radius 3 is 2.43 bits per heavy atom. The summed E-state index contributed by atoms with van der Waals surface area (Å²) in [6, 6.07) is -0.931. The van der Waals surface area contributed by atoms with E-state index in [-0.39, 0.29) is 17.9 Å². The number of amides is 3. The molecule has 2 aliphatic heterocycles. The van der Waals surface area contributed by atoms with E-state index >= 15 is 0 Å². The van der Waals surface area contributed by atoms with Crippen LogP contribution in [0.15, 0.2) is 0 Å². The number of carbonyl (C=O) groups excluding carboxylic acids is 2. The van der Waals surface area contributed by atoms with Gasteiger partial charge in [-0.3, -0.25) is 4.79 Å². The molecule has 0 aromatic heterocycles. The van der Waals surface area contributed by atoms with Crippen LogP contribution in [0.4, 0.5) is 4.79 Å². The van der Waals surface area contributed by atoms with E-state index < -0.39 is 12.0 Å². The minimum absolute atomic E-state index is 0.194. The van der Waals surface area contributed by atoms with Gasteiger partial charge in [0.15, 0.2) is 0 Å². The first kappa shape index (κ1) is 15.9. The second-order valence-corrected chi connectivity index (χ2v) is 6.66. The summed E-state index contributed by atoms with van der Waals surface area (Å²) >= 11 is 1.56. The molecule has 7 nitrogen and oxygen atoms in total. The first-order valence-electron chi connectivity index (χ1n) is 7.13. The van der Waals surface area contributed by atoms with Gasteiger partial charge in [0.1, 0.15) is 6.04 Å². The Hall–Kier alpha value is -1.44. The molecule has 2 fully saturated rings. The molecule has 0 radical (unpaired) electrons. The number of carbonyl (C=O) groups is 3. The molecule has 21 heavy (non-hydrogen) atoms. The van der Waals surface area contributed by atoms with E-state index in [1.54, 1.807) is 16.7 Å². The summed E-state index contributed by atoms with van der Waals surface area (Å²) in [5.74, 6) is 0.198. The van der Waals surface area contributed by atoms with Gasteiger partial charge >= 0.3 is 12.0 Å². The maximum atomic E-state index is 12.5. The largest absolute Gasteiger partial charge is 0.480 e. The molecule has 2 saturated heterocycles. The summed E-state index contributed by atoms with van der Waals surface area (Å²) < 4.78 is 0. The number of hydrogen-bond acceptors (Lipinski definition) is 4. The summed E-state index contributed by atoms with van der Waals surface area (Å²) in [7, 11) is 0. The highest BCUT2D eigenvalue weighted by Gasteiger charge is 2.35. The Kier molecular flexibility index (Phi) is 5.33. The second kappa shape index (κ2) is 7.02. The quantitative estimate of drug-likeness (QED) is 0.774. The van der Waals surface area contributed by atoms with Crippen molar-refractivity contribution < 1.29 is 19.5 Å². The van der Waals surface area contributed by atoms with Crippen molar-refractivity contribution in [1.29, 1.82) is 0 Å². The van der Waals surface area contributed by atoms with Gasteiger partial charge in [0, 0.05) is 37.6 Å². The fourth-order valence-electron chi connectivity index (χ4n) is 2.83. The molecule has 1 unspecified atom stereocenters. The SMILES string of the molecule is NC(=O)CC1CCN(C(=O)N2CCSCC2C(=O)O)CC1. The third-order valence-electron chi connectivity index (χ3n) is 4.03. The predicted octanol–water partition coefficient (Wildman–Crippen LogP) is 0.196. The fourth-order valence-corrected chi connectivity index (χ4v) is 3.87. The van der Waals surface area contributed by atoms with Crippen LogP contribution < -0.4 is 5.73 Å². The van der Waals surface area contributed by atoms with Crippen molar-refractivity contribution in [1.82, 2.24) is 9.80 Å². The number of nitrogens with two attached hydrogens (primary N) is 1. The molecule has 118 valence electrons. The molecule has 0 aliphatic carbocycles. The Balaban J connectivity index is 1.91. The second-order valence-electron chi connectivity index (χ2n) is 5.51. The number of likely N-dealkylation sites (tertiary alicyclic amines) is 1. The summed E-state index contributed by atoms with van der Waals surface area (Å²) in [5, 5.41) is 9.22. The third-order valence-corrected chi connectivity index (χ3v) is 5.06. The van der Waals surface area contributed by atoms with Crippen LogP contribution in [0.5, 0.6) is 0 Å². The topological polar surface area (TPSA) is 104 Å². The van der Waals surface area contributed by atoms with Crippen molar-refractivity contribution in [3.8, 4) is 0 Å². The van der Waals surface area contributed by atoms with Gasteiger partial charge in [0.25, 0.3) is 0 Å². The Morgan fingerprint density at radius 2 is 1.86 bits per heavy atom. The van der Waals surface area contributed by atoms with Crippen LogP contribution in [0, 0.1) is 5.92 Å². The lowest BCUT2D eigenvalue weighted by atomic mass is 9.93. The summed E-state index contributed by atoms with van der Waals surface area (Å²) in [6.07, 6.45) is 1.85. The Bertz CT molecular complexity index is 424. The van der Waals surface area contributed by atoms with Gasteiger partial charge in [-0.15, -0.1) is 0 Å². The van der Waals surface area contributed by atoms with Crippen LogP contribution in [0.1, 0.15) is 19.3 Å². The average molecular weight is 315 g/mol. The minimum Gasteiger partial charge on any atom is -0.480 e. The lowest BCUT2D eigenvalue weighted by Crippen LogP contribution is -2.56. The van der Waals surface area contributed by atoms with E-state index in [0.717, 1.165) is 18.6 Å². The van der Waals surface area contributed by atoms with E-state index in [0.29, 0.717) is 31.8 Å². The lowest BCUT2D eigenvalue weighted by Gasteiger charge is -2.39. The minimum atomic E-state index is -0.945. The van der Waals surface area contributed by atoms with Gasteiger partial charge in [0.2, 0.25) is 5.91 Å². The zero-order valence-corrected chi connectivity index (χ0v) is 12.7. The first-order chi connectivity index (χ1) is 9.99. The monoisotopic (exact) mass is 315 g/mol. The summed E-state index contributed by atoms with van der Waals surface area (Å²) in [5.41, 5.74) is 5.19. The molecule has 3 N–H and O–H groups in total. The normalized spacial score (nSPS) is 23.9. The van der Waals surface area contributed by atoms with E-state index in [1.165, 1.54) is 4.90 Å². The zero-order valence-electron chi connectivity index (χ0n) is 11.9. The maximum Gasteiger partial charge on any atom is 0.327 e. The molecule has 2 heterocycles. The Labute approximate surface area is 127 Å². The molecule has 0 spiro atoms. The van der Waals surface area contributed by atoms with E-state index in [1.807, 2.05) is 0 Å². The van der Waals surface area contributed by atoms with Gasteiger partial charge in [-0.2, -0.15) is 11.8 Å². The van der Waals surface area contributed by atoms with Crippen molar-refractivity contribution >= 4 is 29.7 Å². The number of aliphatic carboxylic acids is 1. The molecule has 2 rings (SSSR count). The number of primary amides is 1. The van der Waals surface area contributed by atoms with Crippen molar-refractivity contribution in [2.75, 3.05) is 31.1 Å². The average Bonchev–Trinajstić information content (AvgIpc) is 2.46. The molecule has 0 bridgehead atoms. The number of carboxylic acid groups (broad SMARTS) is 1. The molecule has 1 atom stereocenters. The highest BCUT2D eigenvalue weighted by atomic mass is 32.2. The van der Waals surface area contributed by atoms with Crippen molar-refractivity contribution in [2.45, 2.75) is 25.3 Å². The standard InChI is InChI=1S/C13H21N3O4S/c14-11(17)7-9-1-3-15(4-2-9)13(20)16-5-6-21-8-10(16)12(18)19/h9-10H,1-8H2,(H2,14,17)(H,18,19). The van der Waals surface area contributed by atoms with Crippen LogP contribution in [-0.4, -0.2) is 70.0 Å². The number of rotatable bonds is 3. The van der Waals surface area contributed by atoms with Gasteiger partial charge in [0.05, 0.1) is 0 Å². The molecule has 8 heteroatoms. The number of piperidine rings is 1. The van der Waals surface area contributed by atoms with Gasteiger partial charge < -0.3 is 20.6 Å². The van der Waals surface area contributed by atoms with E-state index in [9.17, 15) is 19.5 Å². The van der Waals surface area contributed by atoms with Gasteiger partial charge in [-0.05, 0) is 18.8 Å². The van der Waals surface area contributed by atoms with Crippen molar-refractivity contribution in [3.05, 3.63) is 0 Å². The van der Waals surface area contributed by atoms with Gasteiger partial charge in [-0.1, -0.05) is 0 Å². The summed E-state index contributed by atoms with van der Waals surface area (Å²) in [4.78, 5) is 37.8. The maximum absolute atomic E-state index is 12.5. The number of nitrogens with zero attached hydrogens (tertiary/aromatic N) is 2. The summed E-state index contributed by atoms with van der Waals surface area (Å²) in [6.45, 7) is 1.60. The highest BCUT2D eigenvalue weighted by Crippen LogP contribution is 2.23. The fraction of sp³-hybridized carbons (Fsp3) is 0.769. The van der Waals surface area contributed by atoms with Crippen LogP contribution in [0.25, 0.3) is 0 Å².